The van der Waals surface area contributed by atoms with Gasteiger partial charge in [-0.15, -0.1) is 0 Å². The maximum Gasteiger partial charge on any atom is 0.123 e. The van der Waals surface area contributed by atoms with E-state index in [9.17, 15) is 0 Å². The summed E-state index contributed by atoms with van der Waals surface area (Å²) in [6, 6.07) is 17.5. The standard InChI is InChI=1S/C17H16O.H3P/c1-2-6-14-13(5-1)9-10-17(14)11-12-18-16-8-4-3-7-15(16)17;/h1-8H,9-12H2;1H3. The average molecular weight is 270 g/mol. The molecule has 2 unspecified atom stereocenters. The monoisotopic (exact) mass is 270 g/mol. The van der Waals surface area contributed by atoms with E-state index in [1.165, 1.54) is 29.5 Å². The predicted molar refractivity (Wildman–Crippen MR) is 83.2 cm³/mol. The molecule has 98 valence electrons. The zero-order chi connectivity index (χ0) is 12.0. The molecule has 1 heterocycles. The van der Waals surface area contributed by atoms with E-state index in [1.807, 2.05) is 0 Å². The summed E-state index contributed by atoms with van der Waals surface area (Å²) in [5.41, 5.74) is 4.65. The van der Waals surface area contributed by atoms with Crippen LogP contribution in [0.15, 0.2) is 48.5 Å². The first-order chi connectivity index (χ1) is 8.90. The minimum absolute atomic E-state index is 0. The summed E-state index contributed by atoms with van der Waals surface area (Å²) in [5.74, 6) is 1.08. The van der Waals surface area contributed by atoms with E-state index in [0.717, 1.165) is 18.8 Å². The molecule has 19 heavy (non-hydrogen) atoms. The van der Waals surface area contributed by atoms with Gasteiger partial charge in [-0.1, -0.05) is 42.5 Å². The lowest BCUT2D eigenvalue weighted by Crippen LogP contribution is -2.31. The van der Waals surface area contributed by atoms with E-state index < -0.39 is 0 Å². The highest BCUT2D eigenvalue weighted by atomic mass is 31.0. The van der Waals surface area contributed by atoms with Crippen molar-refractivity contribution in [2.24, 2.45) is 0 Å². The van der Waals surface area contributed by atoms with Crippen molar-refractivity contribution in [3.05, 3.63) is 65.2 Å². The average Bonchev–Trinajstić information content (AvgIpc) is 2.80. The number of hydrogen-bond acceptors (Lipinski definition) is 1. The maximum atomic E-state index is 5.83. The molecule has 0 bridgehead atoms. The van der Waals surface area contributed by atoms with E-state index in [2.05, 4.69) is 48.5 Å². The summed E-state index contributed by atoms with van der Waals surface area (Å²) < 4.78 is 5.83. The molecule has 1 aliphatic heterocycles. The van der Waals surface area contributed by atoms with Crippen molar-refractivity contribution >= 4 is 9.90 Å². The second-order valence-corrected chi connectivity index (χ2v) is 5.33. The number of hydrogen-bond donors (Lipinski definition) is 0. The Morgan fingerprint density at radius 1 is 0.842 bits per heavy atom. The molecule has 2 aromatic rings. The first-order valence-corrected chi connectivity index (χ1v) is 6.71. The van der Waals surface area contributed by atoms with E-state index >= 15 is 0 Å². The molecule has 0 saturated heterocycles. The SMILES string of the molecule is P.c1ccc2c(c1)CCC21CCOc2ccccc21. The Balaban J connectivity index is 0.00000110. The van der Waals surface area contributed by atoms with Gasteiger partial charge in [-0.2, -0.15) is 9.90 Å². The molecule has 1 spiro atoms. The van der Waals surface area contributed by atoms with E-state index in [0.29, 0.717) is 0 Å². The number of ether oxygens (including phenoxy) is 1. The number of para-hydroxylation sites is 1. The fraction of sp³-hybridized carbons (Fsp3) is 0.294. The summed E-state index contributed by atoms with van der Waals surface area (Å²) in [7, 11) is 0. The van der Waals surface area contributed by atoms with Crippen molar-refractivity contribution in [3.8, 4) is 5.75 Å². The van der Waals surface area contributed by atoms with Crippen LogP contribution >= 0.6 is 9.90 Å². The van der Waals surface area contributed by atoms with Gasteiger partial charge in [0, 0.05) is 11.0 Å². The van der Waals surface area contributed by atoms with Gasteiger partial charge in [-0.25, -0.2) is 0 Å². The van der Waals surface area contributed by atoms with Gasteiger partial charge in [0.25, 0.3) is 0 Å². The van der Waals surface area contributed by atoms with E-state index in [-0.39, 0.29) is 15.3 Å². The Morgan fingerprint density at radius 3 is 2.47 bits per heavy atom. The van der Waals surface area contributed by atoms with Crippen LogP contribution in [0.1, 0.15) is 29.5 Å². The summed E-state index contributed by atoms with van der Waals surface area (Å²) in [6.45, 7) is 0.839. The zero-order valence-electron chi connectivity index (χ0n) is 11.1. The van der Waals surface area contributed by atoms with Gasteiger partial charge >= 0.3 is 0 Å². The van der Waals surface area contributed by atoms with Crippen LogP contribution in [0.3, 0.4) is 0 Å². The summed E-state index contributed by atoms with van der Waals surface area (Å²) in [6.07, 6.45) is 3.54. The fourth-order valence-corrected chi connectivity index (χ4v) is 3.69. The Labute approximate surface area is 117 Å². The quantitative estimate of drug-likeness (QED) is 0.662. The number of benzene rings is 2. The summed E-state index contributed by atoms with van der Waals surface area (Å²) in [4.78, 5) is 0. The lowest BCUT2D eigenvalue weighted by atomic mass is 9.72. The van der Waals surface area contributed by atoms with Crippen LogP contribution in [0.2, 0.25) is 0 Å². The van der Waals surface area contributed by atoms with E-state index in [1.54, 1.807) is 0 Å². The summed E-state index contributed by atoms with van der Waals surface area (Å²) in [5, 5.41) is 0. The molecule has 0 fully saturated rings. The third kappa shape index (κ3) is 1.72. The minimum atomic E-state index is 0. The number of rotatable bonds is 0. The Morgan fingerprint density at radius 2 is 1.58 bits per heavy atom. The molecule has 1 aliphatic carbocycles. The van der Waals surface area contributed by atoms with Gasteiger partial charge < -0.3 is 4.74 Å². The number of aryl methyl sites for hydroxylation is 1. The highest BCUT2D eigenvalue weighted by molar-refractivity contribution is 6.92. The van der Waals surface area contributed by atoms with Gasteiger partial charge in [0.05, 0.1) is 6.61 Å². The molecule has 2 aromatic carbocycles. The smallest absolute Gasteiger partial charge is 0.123 e. The molecule has 2 aliphatic rings. The Hall–Kier alpha value is -1.33. The molecule has 2 atom stereocenters. The van der Waals surface area contributed by atoms with Crippen LogP contribution in [0, 0.1) is 0 Å². The number of fused-ring (bicyclic) bond motifs is 4. The lowest BCUT2D eigenvalue weighted by Gasteiger charge is -2.36. The largest absolute Gasteiger partial charge is 0.493 e. The Kier molecular flexibility index (Phi) is 3.11. The van der Waals surface area contributed by atoms with Crippen molar-refractivity contribution in [2.75, 3.05) is 6.61 Å². The van der Waals surface area contributed by atoms with Crippen LogP contribution in [0.25, 0.3) is 0 Å². The van der Waals surface area contributed by atoms with Crippen LogP contribution < -0.4 is 4.74 Å². The van der Waals surface area contributed by atoms with Crippen LogP contribution in [-0.2, 0) is 11.8 Å². The van der Waals surface area contributed by atoms with Crippen molar-refractivity contribution in [2.45, 2.75) is 24.7 Å². The molecule has 2 heteroatoms. The highest BCUT2D eigenvalue weighted by Gasteiger charge is 2.43. The molecule has 0 amide bonds. The molecule has 0 saturated carbocycles. The fourth-order valence-electron chi connectivity index (χ4n) is 3.69. The molecular formula is C17H19OP. The maximum absolute atomic E-state index is 5.83. The normalized spacial score (nSPS) is 23.2. The third-order valence-corrected chi connectivity index (χ3v) is 4.54. The second-order valence-electron chi connectivity index (χ2n) is 5.33. The molecule has 0 radical (unpaired) electrons. The molecule has 0 aromatic heterocycles. The molecule has 4 rings (SSSR count). The van der Waals surface area contributed by atoms with Gasteiger partial charge in [0.1, 0.15) is 5.75 Å². The molecule has 0 N–H and O–H groups in total. The second kappa shape index (κ2) is 4.65. The van der Waals surface area contributed by atoms with Crippen LogP contribution in [0.4, 0.5) is 0 Å². The third-order valence-electron chi connectivity index (χ3n) is 4.54. The molecule has 1 nitrogen and oxygen atoms in total. The van der Waals surface area contributed by atoms with Crippen LogP contribution in [-0.4, -0.2) is 6.61 Å². The van der Waals surface area contributed by atoms with Crippen molar-refractivity contribution in [3.63, 3.8) is 0 Å². The Bertz CT molecular complexity index is 608. The summed E-state index contributed by atoms with van der Waals surface area (Å²) >= 11 is 0. The minimum Gasteiger partial charge on any atom is -0.493 e. The van der Waals surface area contributed by atoms with Crippen molar-refractivity contribution < 1.29 is 4.74 Å². The van der Waals surface area contributed by atoms with Gasteiger partial charge in [0.2, 0.25) is 0 Å². The zero-order valence-corrected chi connectivity index (χ0v) is 12.5. The van der Waals surface area contributed by atoms with Crippen molar-refractivity contribution in [1.82, 2.24) is 0 Å². The van der Waals surface area contributed by atoms with Crippen LogP contribution in [0.5, 0.6) is 5.75 Å². The van der Waals surface area contributed by atoms with Gasteiger partial charge in [0.15, 0.2) is 0 Å². The predicted octanol–water partition coefficient (Wildman–Crippen LogP) is 3.76. The van der Waals surface area contributed by atoms with E-state index in [4.69, 9.17) is 4.74 Å². The van der Waals surface area contributed by atoms with Crippen molar-refractivity contribution in [1.29, 1.82) is 0 Å². The van der Waals surface area contributed by atoms with Gasteiger partial charge in [-0.3, -0.25) is 0 Å². The first-order valence-electron chi connectivity index (χ1n) is 6.71. The van der Waals surface area contributed by atoms with Gasteiger partial charge in [-0.05, 0) is 36.5 Å². The molecular weight excluding hydrogens is 251 g/mol. The highest BCUT2D eigenvalue weighted by Crippen LogP contribution is 2.51. The lowest BCUT2D eigenvalue weighted by molar-refractivity contribution is 0.234. The first kappa shape index (κ1) is 12.7. The topological polar surface area (TPSA) is 9.23 Å².